The van der Waals surface area contributed by atoms with Crippen LogP contribution in [0, 0.1) is 0 Å². The molecule has 2 atom stereocenters. The maximum absolute atomic E-state index is 12.3. The zero-order chi connectivity index (χ0) is 18.5. The molecule has 1 fully saturated rings. The molecule has 2 unspecified atom stereocenters. The van der Waals surface area contributed by atoms with E-state index < -0.39 is 0 Å². The SMILES string of the molecule is CC1CN(C(=O)COc2cccc(NC(=O)c3ccco3)c2)CC(C)O1. The summed E-state index contributed by atoms with van der Waals surface area (Å²) in [5.41, 5.74) is 0.560. The van der Waals surface area contributed by atoms with E-state index in [9.17, 15) is 9.59 Å². The van der Waals surface area contributed by atoms with Gasteiger partial charge < -0.3 is 24.1 Å². The van der Waals surface area contributed by atoms with Gasteiger partial charge >= 0.3 is 0 Å². The first kappa shape index (κ1) is 18.0. The van der Waals surface area contributed by atoms with Gasteiger partial charge in [0, 0.05) is 24.8 Å². The molecule has 1 aromatic heterocycles. The molecule has 3 rings (SSSR count). The summed E-state index contributed by atoms with van der Waals surface area (Å²) in [6, 6.07) is 10.1. The first-order valence-electron chi connectivity index (χ1n) is 8.52. The van der Waals surface area contributed by atoms with Crippen LogP contribution in [0.25, 0.3) is 0 Å². The van der Waals surface area contributed by atoms with Gasteiger partial charge in [0.2, 0.25) is 0 Å². The zero-order valence-corrected chi connectivity index (χ0v) is 14.8. The smallest absolute Gasteiger partial charge is 0.291 e. The van der Waals surface area contributed by atoms with Gasteiger partial charge in [-0.15, -0.1) is 0 Å². The van der Waals surface area contributed by atoms with Crippen molar-refractivity contribution in [2.24, 2.45) is 0 Å². The summed E-state index contributed by atoms with van der Waals surface area (Å²) in [4.78, 5) is 26.1. The highest BCUT2D eigenvalue weighted by molar-refractivity contribution is 6.02. The van der Waals surface area contributed by atoms with Gasteiger partial charge in [-0.3, -0.25) is 9.59 Å². The fourth-order valence-corrected chi connectivity index (χ4v) is 2.88. The van der Waals surface area contributed by atoms with Crippen LogP contribution in [0.3, 0.4) is 0 Å². The predicted octanol–water partition coefficient (Wildman–Crippen LogP) is 2.55. The summed E-state index contributed by atoms with van der Waals surface area (Å²) in [5, 5.41) is 2.72. The molecule has 0 saturated carbocycles. The van der Waals surface area contributed by atoms with Crippen molar-refractivity contribution in [2.45, 2.75) is 26.1 Å². The van der Waals surface area contributed by atoms with E-state index in [4.69, 9.17) is 13.9 Å². The lowest BCUT2D eigenvalue weighted by atomic mass is 10.2. The first-order valence-corrected chi connectivity index (χ1v) is 8.52. The van der Waals surface area contributed by atoms with Crippen LogP contribution in [0.4, 0.5) is 5.69 Å². The number of morpholine rings is 1. The van der Waals surface area contributed by atoms with Crippen LogP contribution in [0.2, 0.25) is 0 Å². The van der Waals surface area contributed by atoms with Crippen molar-refractivity contribution in [3.05, 3.63) is 48.4 Å². The number of carbonyl (C=O) groups excluding carboxylic acids is 2. The Morgan fingerprint density at radius 1 is 1.19 bits per heavy atom. The standard InChI is InChI=1S/C19H22N2O5/c1-13-10-21(11-14(2)26-13)18(22)12-25-16-6-3-5-15(9-16)20-19(23)17-7-4-8-24-17/h3-9,13-14H,10-12H2,1-2H3,(H,20,23). The molecule has 2 amide bonds. The summed E-state index contributed by atoms with van der Waals surface area (Å²) in [5.74, 6) is 0.295. The second-order valence-electron chi connectivity index (χ2n) is 6.30. The lowest BCUT2D eigenvalue weighted by Crippen LogP contribution is -2.49. The molecular formula is C19H22N2O5. The molecule has 1 saturated heterocycles. The Balaban J connectivity index is 1.55. The van der Waals surface area contributed by atoms with E-state index in [2.05, 4.69) is 5.32 Å². The minimum atomic E-state index is -0.348. The molecule has 0 bridgehead atoms. The van der Waals surface area contributed by atoms with Crippen LogP contribution >= 0.6 is 0 Å². The van der Waals surface area contributed by atoms with Crippen LogP contribution < -0.4 is 10.1 Å². The zero-order valence-electron chi connectivity index (χ0n) is 14.8. The number of benzene rings is 1. The fraction of sp³-hybridized carbons (Fsp3) is 0.368. The van der Waals surface area contributed by atoms with Gasteiger partial charge in [0.1, 0.15) is 5.75 Å². The number of nitrogens with zero attached hydrogens (tertiary/aromatic N) is 1. The average Bonchev–Trinajstić information content (AvgIpc) is 3.14. The number of furan rings is 1. The van der Waals surface area contributed by atoms with Crippen molar-refractivity contribution in [3.63, 3.8) is 0 Å². The third kappa shape index (κ3) is 4.64. The van der Waals surface area contributed by atoms with E-state index in [-0.39, 0.29) is 36.4 Å². The number of rotatable bonds is 5. The minimum Gasteiger partial charge on any atom is -0.484 e. The Morgan fingerprint density at radius 3 is 2.65 bits per heavy atom. The molecule has 1 aliphatic heterocycles. The molecule has 7 heteroatoms. The highest BCUT2D eigenvalue weighted by atomic mass is 16.5. The van der Waals surface area contributed by atoms with E-state index in [1.807, 2.05) is 13.8 Å². The van der Waals surface area contributed by atoms with Gasteiger partial charge in [-0.25, -0.2) is 0 Å². The Kier molecular flexibility index (Phi) is 5.58. The second-order valence-corrected chi connectivity index (χ2v) is 6.30. The van der Waals surface area contributed by atoms with Crippen molar-refractivity contribution in [3.8, 4) is 5.75 Å². The molecule has 2 heterocycles. The molecule has 7 nitrogen and oxygen atoms in total. The van der Waals surface area contributed by atoms with E-state index in [1.54, 1.807) is 41.3 Å². The summed E-state index contributed by atoms with van der Waals surface area (Å²) >= 11 is 0. The van der Waals surface area contributed by atoms with Gasteiger partial charge in [-0.05, 0) is 38.1 Å². The van der Waals surface area contributed by atoms with Gasteiger partial charge in [-0.2, -0.15) is 0 Å². The maximum Gasteiger partial charge on any atom is 0.291 e. The van der Waals surface area contributed by atoms with Crippen LogP contribution in [-0.2, 0) is 9.53 Å². The lowest BCUT2D eigenvalue weighted by Gasteiger charge is -2.35. The third-order valence-electron chi connectivity index (χ3n) is 3.97. The predicted molar refractivity (Wildman–Crippen MR) is 95.2 cm³/mol. The molecule has 1 N–H and O–H groups in total. The molecule has 26 heavy (non-hydrogen) atoms. The Bertz CT molecular complexity index is 749. The molecule has 2 aromatic rings. The lowest BCUT2D eigenvalue weighted by molar-refractivity contribution is -0.145. The Hall–Kier alpha value is -2.80. The van der Waals surface area contributed by atoms with Gasteiger partial charge in [0.15, 0.2) is 12.4 Å². The highest BCUT2D eigenvalue weighted by Crippen LogP contribution is 2.19. The average molecular weight is 358 g/mol. The number of amides is 2. The van der Waals surface area contributed by atoms with Crippen molar-refractivity contribution in [2.75, 3.05) is 25.0 Å². The molecular weight excluding hydrogens is 336 g/mol. The van der Waals surface area contributed by atoms with E-state index in [0.717, 1.165) is 0 Å². The van der Waals surface area contributed by atoms with Crippen LogP contribution in [-0.4, -0.2) is 48.6 Å². The molecule has 1 aliphatic rings. The molecule has 0 radical (unpaired) electrons. The molecule has 0 spiro atoms. The van der Waals surface area contributed by atoms with E-state index >= 15 is 0 Å². The number of hydrogen-bond donors (Lipinski definition) is 1. The largest absolute Gasteiger partial charge is 0.484 e. The summed E-state index contributed by atoms with van der Waals surface area (Å²) in [6.45, 7) is 4.95. The van der Waals surface area contributed by atoms with Gasteiger partial charge in [0.25, 0.3) is 11.8 Å². The topological polar surface area (TPSA) is 81.0 Å². The first-order chi connectivity index (χ1) is 12.5. The second kappa shape index (κ2) is 8.05. The normalized spacial score (nSPS) is 19.8. The summed E-state index contributed by atoms with van der Waals surface area (Å²) in [7, 11) is 0. The Morgan fingerprint density at radius 2 is 1.96 bits per heavy atom. The maximum atomic E-state index is 12.3. The van der Waals surface area contributed by atoms with Gasteiger partial charge in [0.05, 0.1) is 18.5 Å². The number of hydrogen-bond acceptors (Lipinski definition) is 5. The van der Waals surface area contributed by atoms with Crippen LogP contribution in [0.1, 0.15) is 24.4 Å². The summed E-state index contributed by atoms with van der Waals surface area (Å²) in [6.07, 6.45) is 1.47. The molecule has 1 aromatic carbocycles. The quantitative estimate of drug-likeness (QED) is 0.888. The number of anilines is 1. The van der Waals surface area contributed by atoms with E-state index in [0.29, 0.717) is 24.5 Å². The fourth-order valence-electron chi connectivity index (χ4n) is 2.88. The van der Waals surface area contributed by atoms with Crippen molar-refractivity contribution >= 4 is 17.5 Å². The Labute approximate surface area is 151 Å². The molecule has 0 aliphatic carbocycles. The highest BCUT2D eigenvalue weighted by Gasteiger charge is 2.26. The van der Waals surface area contributed by atoms with Crippen molar-refractivity contribution < 1.29 is 23.5 Å². The number of nitrogens with one attached hydrogen (secondary N) is 1. The van der Waals surface area contributed by atoms with Crippen LogP contribution in [0.5, 0.6) is 5.75 Å². The minimum absolute atomic E-state index is 0.0165. The van der Waals surface area contributed by atoms with E-state index in [1.165, 1.54) is 6.26 Å². The third-order valence-corrected chi connectivity index (χ3v) is 3.97. The van der Waals surface area contributed by atoms with Crippen LogP contribution in [0.15, 0.2) is 47.1 Å². The molecule has 138 valence electrons. The van der Waals surface area contributed by atoms with Gasteiger partial charge in [-0.1, -0.05) is 6.07 Å². The summed E-state index contributed by atoms with van der Waals surface area (Å²) < 4.78 is 16.3. The van der Waals surface area contributed by atoms with Crippen molar-refractivity contribution in [1.29, 1.82) is 0 Å². The van der Waals surface area contributed by atoms with Crippen molar-refractivity contribution in [1.82, 2.24) is 4.90 Å². The monoisotopic (exact) mass is 358 g/mol. The number of carbonyl (C=O) groups is 2. The number of ether oxygens (including phenoxy) is 2.